The van der Waals surface area contributed by atoms with Crippen molar-refractivity contribution in [3.05, 3.63) is 29.8 Å². The molecule has 2 N–H and O–H groups in total. The standard InChI is InChI=1S/C23H36N4O3S/c1-26(2)22-12-11-20(31(29,30)27-15-7-4-8-16-27)17-21(22)25-18-23(28)24-14-13-19-9-5-3-6-10-19/h9,11-12,17,25H,3-8,10,13-16,18H2,1-2H3,(H,24,28). The van der Waals surface area contributed by atoms with Crippen LogP contribution >= 0.6 is 0 Å². The van der Waals surface area contributed by atoms with Crippen LogP contribution in [0.2, 0.25) is 0 Å². The topological polar surface area (TPSA) is 81.8 Å². The minimum Gasteiger partial charge on any atom is -0.376 e. The third kappa shape index (κ3) is 6.46. The fourth-order valence-corrected chi connectivity index (χ4v) is 5.74. The maximum absolute atomic E-state index is 13.1. The van der Waals surface area contributed by atoms with Crippen LogP contribution in [0.3, 0.4) is 0 Å². The summed E-state index contributed by atoms with van der Waals surface area (Å²) in [6.45, 7) is 1.88. The highest BCUT2D eigenvalue weighted by atomic mass is 32.2. The van der Waals surface area contributed by atoms with Crippen LogP contribution in [0.25, 0.3) is 0 Å². The maximum Gasteiger partial charge on any atom is 0.243 e. The van der Waals surface area contributed by atoms with E-state index < -0.39 is 10.0 Å². The molecule has 2 aliphatic rings. The molecule has 0 bridgehead atoms. The Morgan fingerprint density at radius 1 is 1.10 bits per heavy atom. The summed E-state index contributed by atoms with van der Waals surface area (Å²) in [5, 5.41) is 6.11. The van der Waals surface area contributed by atoms with Crippen molar-refractivity contribution >= 4 is 27.3 Å². The summed E-state index contributed by atoms with van der Waals surface area (Å²) in [7, 11) is 0.276. The van der Waals surface area contributed by atoms with Crippen LogP contribution < -0.4 is 15.5 Å². The van der Waals surface area contributed by atoms with Crippen LogP contribution in [0.4, 0.5) is 11.4 Å². The first-order valence-corrected chi connectivity index (χ1v) is 12.8. The van der Waals surface area contributed by atoms with E-state index in [9.17, 15) is 13.2 Å². The first-order valence-electron chi connectivity index (χ1n) is 11.4. The van der Waals surface area contributed by atoms with E-state index in [1.165, 1.54) is 18.4 Å². The van der Waals surface area contributed by atoms with E-state index in [-0.39, 0.29) is 17.3 Å². The van der Waals surface area contributed by atoms with Crippen LogP contribution in [0.15, 0.2) is 34.7 Å². The van der Waals surface area contributed by atoms with Gasteiger partial charge in [-0.15, -0.1) is 0 Å². The number of piperidine rings is 1. The van der Waals surface area contributed by atoms with E-state index in [2.05, 4.69) is 16.7 Å². The van der Waals surface area contributed by atoms with Crippen molar-refractivity contribution in [1.29, 1.82) is 0 Å². The van der Waals surface area contributed by atoms with Crippen molar-refractivity contribution in [2.24, 2.45) is 0 Å². The number of carbonyl (C=O) groups excluding carboxylic acids is 1. The highest BCUT2D eigenvalue weighted by Gasteiger charge is 2.26. The molecule has 1 fully saturated rings. The molecule has 1 heterocycles. The molecule has 31 heavy (non-hydrogen) atoms. The number of hydrogen-bond acceptors (Lipinski definition) is 5. The zero-order valence-corrected chi connectivity index (χ0v) is 19.6. The van der Waals surface area contributed by atoms with Gasteiger partial charge in [-0.3, -0.25) is 4.79 Å². The van der Waals surface area contributed by atoms with Gasteiger partial charge in [0.05, 0.1) is 22.8 Å². The molecule has 8 heteroatoms. The Kier molecular flexibility index (Phi) is 8.37. The Balaban J connectivity index is 1.62. The predicted molar refractivity (Wildman–Crippen MR) is 126 cm³/mol. The van der Waals surface area contributed by atoms with Gasteiger partial charge < -0.3 is 15.5 Å². The normalized spacial score (nSPS) is 17.7. The maximum atomic E-state index is 13.1. The molecular weight excluding hydrogens is 412 g/mol. The molecule has 0 radical (unpaired) electrons. The number of benzene rings is 1. The van der Waals surface area contributed by atoms with Gasteiger partial charge in [-0.05, 0) is 63.1 Å². The minimum absolute atomic E-state index is 0.0922. The summed E-state index contributed by atoms with van der Waals surface area (Å²) < 4.78 is 27.7. The number of anilines is 2. The van der Waals surface area contributed by atoms with Gasteiger partial charge in [0.2, 0.25) is 15.9 Å². The van der Waals surface area contributed by atoms with Gasteiger partial charge in [-0.25, -0.2) is 8.42 Å². The second kappa shape index (κ2) is 11.0. The van der Waals surface area contributed by atoms with Gasteiger partial charge in [-0.2, -0.15) is 4.31 Å². The fourth-order valence-electron chi connectivity index (χ4n) is 4.19. The second-order valence-corrected chi connectivity index (χ2v) is 10.5. The lowest BCUT2D eigenvalue weighted by Gasteiger charge is -2.27. The lowest BCUT2D eigenvalue weighted by atomic mass is 9.97. The number of sulfonamides is 1. The molecule has 0 saturated carbocycles. The third-order valence-electron chi connectivity index (χ3n) is 6.00. The van der Waals surface area contributed by atoms with Gasteiger partial charge in [0.25, 0.3) is 0 Å². The second-order valence-electron chi connectivity index (χ2n) is 8.60. The molecular formula is C23H36N4O3S. The lowest BCUT2D eigenvalue weighted by molar-refractivity contribution is -0.119. The van der Waals surface area contributed by atoms with Gasteiger partial charge in [0.1, 0.15) is 0 Å². The van der Waals surface area contributed by atoms with Crippen LogP contribution in [0, 0.1) is 0 Å². The minimum atomic E-state index is -3.52. The van der Waals surface area contributed by atoms with Crippen LogP contribution in [-0.4, -0.2) is 58.9 Å². The van der Waals surface area contributed by atoms with Crippen molar-refractivity contribution in [3.63, 3.8) is 0 Å². The summed E-state index contributed by atoms with van der Waals surface area (Å²) in [5.74, 6) is -0.0922. The summed E-state index contributed by atoms with van der Waals surface area (Å²) in [6.07, 6.45) is 10.9. The average Bonchev–Trinajstić information content (AvgIpc) is 2.78. The summed E-state index contributed by atoms with van der Waals surface area (Å²) >= 11 is 0. The molecule has 0 aromatic heterocycles. The van der Waals surface area contributed by atoms with Crippen LogP contribution in [0.5, 0.6) is 0 Å². The molecule has 0 atom stereocenters. The number of rotatable bonds is 9. The molecule has 1 saturated heterocycles. The van der Waals surface area contributed by atoms with Gasteiger partial charge in [-0.1, -0.05) is 18.1 Å². The Morgan fingerprint density at radius 2 is 1.87 bits per heavy atom. The molecule has 172 valence electrons. The number of nitrogens with one attached hydrogen (secondary N) is 2. The molecule has 1 aliphatic carbocycles. The van der Waals surface area contributed by atoms with E-state index in [0.29, 0.717) is 25.3 Å². The smallest absolute Gasteiger partial charge is 0.243 e. The van der Waals surface area contributed by atoms with Gasteiger partial charge in [0, 0.05) is 33.7 Å². The van der Waals surface area contributed by atoms with Crippen molar-refractivity contribution in [2.75, 3.05) is 50.5 Å². The van der Waals surface area contributed by atoms with Crippen molar-refractivity contribution in [3.8, 4) is 0 Å². The van der Waals surface area contributed by atoms with Crippen molar-refractivity contribution < 1.29 is 13.2 Å². The molecule has 1 aliphatic heterocycles. The van der Waals surface area contributed by atoms with Gasteiger partial charge in [0.15, 0.2) is 0 Å². The highest BCUT2D eigenvalue weighted by molar-refractivity contribution is 7.89. The first kappa shape index (κ1) is 23.6. The molecule has 7 nitrogen and oxygen atoms in total. The Morgan fingerprint density at radius 3 is 2.55 bits per heavy atom. The Bertz CT molecular complexity index is 890. The molecule has 0 spiro atoms. The number of allylic oxidation sites excluding steroid dienone is 1. The Labute approximate surface area is 186 Å². The Hall–Kier alpha value is -2.06. The quantitative estimate of drug-likeness (QED) is 0.566. The van der Waals surface area contributed by atoms with E-state index in [1.54, 1.807) is 22.5 Å². The first-order chi connectivity index (χ1) is 14.9. The monoisotopic (exact) mass is 448 g/mol. The van der Waals surface area contributed by atoms with Crippen molar-refractivity contribution in [1.82, 2.24) is 9.62 Å². The summed E-state index contributed by atoms with van der Waals surface area (Å²) in [5.41, 5.74) is 2.93. The predicted octanol–water partition coefficient (Wildman–Crippen LogP) is 3.35. The highest BCUT2D eigenvalue weighted by Crippen LogP contribution is 2.30. The average molecular weight is 449 g/mol. The van der Waals surface area contributed by atoms with E-state index >= 15 is 0 Å². The van der Waals surface area contributed by atoms with E-state index in [1.807, 2.05) is 19.0 Å². The SMILES string of the molecule is CN(C)c1ccc(S(=O)(=O)N2CCCCC2)cc1NCC(=O)NCCC1=CCCCC1. The van der Waals surface area contributed by atoms with Crippen molar-refractivity contribution in [2.45, 2.75) is 56.3 Å². The largest absolute Gasteiger partial charge is 0.376 e. The summed E-state index contributed by atoms with van der Waals surface area (Å²) in [4.78, 5) is 14.5. The molecule has 1 aromatic rings. The number of hydrogen-bond donors (Lipinski definition) is 2. The lowest BCUT2D eigenvalue weighted by Crippen LogP contribution is -2.35. The summed E-state index contributed by atoms with van der Waals surface area (Å²) in [6, 6.07) is 5.11. The number of nitrogens with zero attached hydrogens (tertiary/aromatic N) is 2. The zero-order chi connectivity index (χ0) is 22.3. The molecule has 1 amide bonds. The van der Waals surface area contributed by atoms with Gasteiger partial charge >= 0.3 is 0 Å². The van der Waals surface area contributed by atoms with Crippen LogP contribution in [0.1, 0.15) is 51.4 Å². The molecule has 1 aromatic carbocycles. The zero-order valence-electron chi connectivity index (χ0n) is 18.8. The van der Waals surface area contributed by atoms with Crippen LogP contribution in [-0.2, 0) is 14.8 Å². The fraction of sp³-hybridized carbons (Fsp3) is 0.609. The van der Waals surface area contributed by atoms with E-state index in [4.69, 9.17) is 0 Å². The third-order valence-corrected chi connectivity index (χ3v) is 7.89. The van der Waals surface area contributed by atoms with E-state index in [0.717, 1.165) is 44.2 Å². The molecule has 3 rings (SSSR count). The number of carbonyl (C=O) groups is 1. The number of amides is 1. The molecule has 0 unspecified atom stereocenters.